The van der Waals surface area contributed by atoms with E-state index >= 15 is 0 Å². The minimum absolute atomic E-state index is 0.1000. The van der Waals surface area contributed by atoms with E-state index < -0.39 is 22.2 Å². The Morgan fingerprint density at radius 2 is 2.19 bits per heavy atom. The van der Waals surface area contributed by atoms with Crippen molar-refractivity contribution < 1.29 is 18.3 Å². The van der Waals surface area contributed by atoms with E-state index in [1.165, 1.54) is 4.90 Å². The lowest BCUT2D eigenvalue weighted by molar-refractivity contribution is 0.0764. The van der Waals surface area contributed by atoms with Crippen molar-refractivity contribution in [2.75, 3.05) is 19.3 Å². The molecule has 1 aliphatic heterocycles. The largest absolute Gasteiger partial charge is 0.390 e. The van der Waals surface area contributed by atoms with Gasteiger partial charge in [0.1, 0.15) is 0 Å². The number of nitrogens with one attached hydrogen (secondary N) is 1. The number of β-amino-alcohol motifs (C(OH)–C–C–N with tert-alkyl or cyclic N) is 1. The molecule has 0 saturated carbocycles. The summed E-state index contributed by atoms with van der Waals surface area (Å²) in [6, 6.07) is -0.675. The number of carbonyl (C=O) groups is 1. The Morgan fingerprint density at radius 3 is 2.71 bits per heavy atom. The number of aryl methyl sites for hydroxylation is 2. The zero-order valence-electron chi connectivity index (χ0n) is 12.3. The van der Waals surface area contributed by atoms with Crippen molar-refractivity contribution in [1.29, 1.82) is 0 Å². The summed E-state index contributed by atoms with van der Waals surface area (Å²) in [6.45, 7) is 4.58. The molecule has 118 valence electrons. The van der Waals surface area contributed by atoms with Crippen molar-refractivity contribution in [1.82, 2.24) is 19.4 Å². The van der Waals surface area contributed by atoms with Crippen molar-refractivity contribution in [3.63, 3.8) is 0 Å². The normalized spacial score (nSPS) is 22.8. The van der Waals surface area contributed by atoms with Gasteiger partial charge in [-0.15, -0.1) is 0 Å². The molecule has 8 nitrogen and oxygen atoms in total. The highest BCUT2D eigenvalue weighted by atomic mass is 32.2. The summed E-state index contributed by atoms with van der Waals surface area (Å²) in [5.41, 5.74) is 1.10. The molecule has 2 heterocycles. The molecule has 1 aromatic heterocycles. The predicted molar refractivity (Wildman–Crippen MR) is 76.3 cm³/mol. The molecule has 21 heavy (non-hydrogen) atoms. The molecule has 1 saturated heterocycles. The number of hydrogen-bond acceptors (Lipinski definition) is 5. The summed E-state index contributed by atoms with van der Waals surface area (Å²) < 4.78 is 26.5. The van der Waals surface area contributed by atoms with Gasteiger partial charge in [0.15, 0.2) is 0 Å². The van der Waals surface area contributed by atoms with Crippen LogP contribution in [0.15, 0.2) is 6.20 Å². The van der Waals surface area contributed by atoms with E-state index in [9.17, 15) is 18.3 Å². The minimum atomic E-state index is -3.43. The Hall–Kier alpha value is -1.45. The van der Waals surface area contributed by atoms with Crippen molar-refractivity contribution in [2.24, 2.45) is 0 Å². The van der Waals surface area contributed by atoms with Crippen LogP contribution in [0.1, 0.15) is 23.0 Å². The van der Waals surface area contributed by atoms with Gasteiger partial charge in [-0.05, 0) is 13.8 Å². The van der Waals surface area contributed by atoms with Gasteiger partial charge in [0, 0.05) is 25.8 Å². The standard InChI is InChI=1S/C12H20N4O4S/c1-4-16-5-9(8(2)13-16)12(18)15-6-10(11(17)7-15)14-21(3,19)20/h5,10-11,14,17H,4,6-7H2,1-3H3/t10-,11-/m1/s1. The molecule has 0 bridgehead atoms. The Labute approximate surface area is 123 Å². The van der Waals surface area contributed by atoms with Crippen LogP contribution >= 0.6 is 0 Å². The molecule has 0 unspecified atom stereocenters. The molecule has 0 spiro atoms. The molecule has 1 amide bonds. The number of hydrogen-bond donors (Lipinski definition) is 2. The van der Waals surface area contributed by atoms with E-state index in [4.69, 9.17) is 0 Å². The van der Waals surface area contributed by atoms with Gasteiger partial charge >= 0.3 is 0 Å². The first-order valence-corrected chi connectivity index (χ1v) is 8.59. The van der Waals surface area contributed by atoms with Crippen LogP contribution in [0.25, 0.3) is 0 Å². The number of sulfonamides is 1. The molecular weight excluding hydrogens is 296 g/mol. The van der Waals surface area contributed by atoms with Gasteiger partial charge in [-0.2, -0.15) is 5.10 Å². The number of rotatable bonds is 4. The number of amides is 1. The fourth-order valence-corrected chi connectivity index (χ4v) is 3.19. The van der Waals surface area contributed by atoms with E-state index in [1.807, 2.05) is 6.92 Å². The highest BCUT2D eigenvalue weighted by Crippen LogP contribution is 2.16. The van der Waals surface area contributed by atoms with Crippen LogP contribution in [0.5, 0.6) is 0 Å². The average Bonchev–Trinajstić information content (AvgIpc) is 2.91. The number of aliphatic hydroxyl groups excluding tert-OH is 1. The van der Waals surface area contributed by atoms with E-state index in [1.54, 1.807) is 17.8 Å². The molecule has 2 rings (SSSR count). The molecular formula is C12H20N4O4S. The molecule has 2 atom stereocenters. The number of nitrogens with zero attached hydrogens (tertiary/aromatic N) is 3. The minimum Gasteiger partial charge on any atom is -0.390 e. The Bertz CT molecular complexity index is 640. The quantitative estimate of drug-likeness (QED) is 0.737. The third kappa shape index (κ3) is 3.60. The molecule has 9 heteroatoms. The van der Waals surface area contributed by atoms with Crippen LogP contribution in [0.4, 0.5) is 0 Å². The molecule has 1 fully saturated rings. The molecule has 0 aromatic carbocycles. The van der Waals surface area contributed by atoms with Crippen molar-refractivity contribution in [3.05, 3.63) is 17.5 Å². The molecule has 1 aromatic rings. The third-order valence-corrected chi connectivity index (χ3v) is 4.17. The summed E-state index contributed by atoms with van der Waals surface area (Å²) in [4.78, 5) is 13.9. The van der Waals surface area contributed by atoms with E-state index in [0.29, 0.717) is 17.8 Å². The number of likely N-dealkylation sites (tertiary alicyclic amines) is 1. The first-order valence-electron chi connectivity index (χ1n) is 6.70. The summed E-state index contributed by atoms with van der Waals surface area (Å²) in [5, 5.41) is 14.1. The number of aliphatic hydroxyl groups is 1. The lowest BCUT2D eigenvalue weighted by Crippen LogP contribution is -2.42. The van der Waals surface area contributed by atoms with Crippen LogP contribution in [-0.2, 0) is 16.6 Å². The Morgan fingerprint density at radius 1 is 1.52 bits per heavy atom. The predicted octanol–water partition coefficient (Wildman–Crippen LogP) is -1.05. The summed E-state index contributed by atoms with van der Waals surface area (Å²) in [5.74, 6) is -0.246. The van der Waals surface area contributed by atoms with Crippen LogP contribution in [0, 0.1) is 6.92 Å². The van der Waals surface area contributed by atoms with Gasteiger partial charge in [0.2, 0.25) is 10.0 Å². The first-order chi connectivity index (χ1) is 9.71. The third-order valence-electron chi connectivity index (χ3n) is 3.44. The topological polar surface area (TPSA) is 105 Å². The second-order valence-electron chi connectivity index (χ2n) is 5.26. The second-order valence-corrected chi connectivity index (χ2v) is 7.04. The lowest BCUT2D eigenvalue weighted by Gasteiger charge is -2.15. The van der Waals surface area contributed by atoms with E-state index in [-0.39, 0.29) is 19.0 Å². The Balaban J connectivity index is 2.12. The monoisotopic (exact) mass is 316 g/mol. The second kappa shape index (κ2) is 5.74. The van der Waals surface area contributed by atoms with Crippen LogP contribution in [0.3, 0.4) is 0 Å². The molecule has 2 N–H and O–H groups in total. The maximum absolute atomic E-state index is 12.4. The van der Waals surface area contributed by atoms with Gasteiger partial charge in [-0.3, -0.25) is 9.48 Å². The lowest BCUT2D eigenvalue weighted by atomic mass is 10.2. The van der Waals surface area contributed by atoms with E-state index in [0.717, 1.165) is 6.26 Å². The zero-order valence-corrected chi connectivity index (χ0v) is 13.1. The average molecular weight is 316 g/mol. The molecule has 1 aliphatic rings. The molecule has 0 aliphatic carbocycles. The van der Waals surface area contributed by atoms with Gasteiger partial charge in [0.05, 0.1) is 29.7 Å². The fraction of sp³-hybridized carbons (Fsp3) is 0.667. The summed E-state index contributed by atoms with van der Waals surface area (Å²) >= 11 is 0. The van der Waals surface area contributed by atoms with Crippen molar-refractivity contribution >= 4 is 15.9 Å². The maximum Gasteiger partial charge on any atom is 0.257 e. The summed E-state index contributed by atoms with van der Waals surface area (Å²) in [6.07, 6.45) is 1.78. The van der Waals surface area contributed by atoms with Crippen molar-refractivity contribution in [2.45, 2.75) is 32.5 Å². The van der Waals surface area contributed by atoms with Gasteiger partial charge in [-0.1, -0.05) is 0 Å². The molecule has 0 radical (unpaired) electrons. The Kier molecular flexibility index (Phi) is 4.35. The van der Waals surface area contributed by atoms with E-state index in [2.05, 4.69) is 9.82 Å². The summed E-state index contributed by atoms with van der Waals surface area (Å²) in [7, 11) is -3.43. The van der Waals surface area contributed by atoms with Crippen LogP contribution in [-0.4, -0.2) is 65.6 Å². The van der Waals surface area contributed by atoms with Crippen molar-refractivity contribution in [3.8, 4) is 0 Å². The smallest absolute Gasteiger partial charge is 0.257 e. The van der Waals surface area contributed by atoms with Gasteiger partial charge < -0.3 is 10.0 Å². The highest BCUT2D eigenvalue weighted by Gasteiger charge is 2.36. The first kappa shape index (κ1) is 15.9. The van der Waals surface area contributed by atoms with Gasteiger partial charge in [0.25, 0.3) is 5.91 Å². The van der Waals surface area contributed by atoms with Crippen LogP contribution in [0.2, 0.25) is 0 Å². The fourth-order valence-electron chi connectivity index (χ4n) is 2.40. The number of carbonyl (C=O) groups excluding carboxylic acids is 1. The highest BCUT2D eigenvalue weighted by molar-refractivity contribution is 7.88. The maximum atomic E-state index is 12.4. The van der Waals surface area contributed by atoms with Gasteiger partial charge in [-0.25, -0.2) is 13.1 Å². The SMILES string of the molecule is CCn1cc(C(=O)N2C[C@@H](O)[C@H](NS(C)(=O)=O)C2)c(C)n1. The number of aromatic nitrogens is 2. The van der Waals surface area contributed by atoms with Crippen LogP contribution < -0.4 is 4.72 Å². The zero-order chi connectivity index (χ0) is 15.8.